The van der Waals surface area contributed by atoms with Gasteiger partial charge in [0.2, 0.25) is 0 Å². The summed E-state index contributed by atoms with van der Waals surface area (Å²) in [4.78, 5) is 0. The number of aromatic nitrogens is 2. The van der Waals surface area contributed by atoms with Crippen LogP contribution < -0.4 is 11.3 Å². The highest BCUT2D eigenvalue weighted by atomic mass is 79.9. The van der Waals surface area contributed by atoms with E-state index in [1.807, 2.05) is 22.6 Å². The molecule has 0 radical (unpaired) electrons. The van der Waals surface area contributed by atoms with Gasteiger partial charge in [-0.3, -0.25) is 10.5 Å². The van der Waals surface area contributed by atoms with Gasteiger partial charge in [-0.05, 0) is 22.4 Å². The maximum atomic E-state index is 5.82. The molecule has 0 bridgehead atoms. The molecule has 1 fully saturated rings. The minimum Gasteiger partial charge on any atom is -0.374 e. The molecule has 7 heteroatoms. The van der Waals surface area contributed by atoms with Gasteiger partial charge >= 0.3 is 0 Å². The highest BCUT2D eigenvalue weighted by molar-refractivity contribution is 9.10. The second-order valence-electron chi connectivity index (χ2n) is 4.23. The Hall–Kier alpha value is -0.0800. The SMILES string of the molecule is CCCn1ncc(Br)c1C(NN)C1CSCCO1. The van der Waals surface area contributed by atoms with E-state index in [0.717, 1.165) is 41.2 Å². The predicted octanol–water partition coefficient (Wildman–Crippen LogP) is 1.69. The van der Waals surface area contributed by atoms with E-state index >= 15 is 0 Å². The number of ether oxygens (including phenoxy) is 1. The number of hydrogen-bond acceptors (Lipinski definition) is 5. The molecule has 2 rings (SSSR count). The minimum atomic E-state index is -0.0266. The molecule has 0 amide bonds. The highest BCUT2D eigenvalue weighted by Gasteiger charge is 2.29. The molecule has 1 aromatic heterocycles. The first-order chi connectivity index (χ1) is 8.77. The molecule has 0 saturated carbocycles. The quantitative estimate of drug-likeness (QED) is 0.633. The Bertz CT molecular complexity index is 381. The van der Waals surface area contributed by atoms with Crippen LogP contribution in [0.25, 0.3) is 0 Å². The van der Waals surface area contributed by atoms with Crippen molar-refractivity contribution in [2.75, 3.05) is 18.1 Å². The van der Waals surface area contributed by atoms with Gasteiger partial charge in [0.25, 0.3) is 0 Å². The van der Waals surface area contributed by atoms with Crippen molar-refractivity contribution in [1.82, 2.24) is 15.2 Å². The van der Waals surface area contributed by atoms with Crippen LogP contribution >= 0.6 is 27.7 Å². The molecule has 2 unspecified atom stereocenters. The number of hydrogen-bond donors (Lipinski definition) is 2. The second kappa shape index (κ2) is 6.91. The molecule has 1 aromatic rings. The molecule has 1 saturated heterocycles. The molecule has 0 aliphatic carbocycles. The molecular formula is C11H19BrN4OS. The van der Waals surface area contributed by atoms with Gasteiger partial charge in [-0.15, -0.1) is 0 Å². The van der Waals surface area contributed by atoms with Gasteiger partial charge in [0.1, 0.15) is 0 Å². The third-order valence-corrected chi connectivity index (χ3v) is 4.59. The van der Waals surface area contributed by atoms with E-state index in [9.17, 15) is 0 Å². The first kappa shape index (κ1) is 14.3. The van der Waals surface area contributed by atoms with Gasteiger partial charge in [-0.25, -0.2) is 5.43 Å². The number of rotatable bonds is 5. The Kier molecular flexibility index (Phi) is 5.50. The molecule has 1 aliphatic rings. The molecule has 5 nitrogen and oxygen atoms in total. The third kappa shape index (κ3) is 3.08. The molecule has 1 aliphatic heterocycles. The molecule has 0 aromatic carbocycles. The predicted molar refractivity (Wildman–Crippen MR) is 77.3 cm³/mol. The zero-order valence-corrected chi connectivity index (χ0v) is 12.8. The van der Waals surface area contributed by atoms with E-state index in [4.69, 9.17) is 10.6 Å². The topological polar surface area (TPSA) is 65.1 Å². The molecule has 3 N–H and O–H groups in total. The van der Waals surface area contributed by atoms with E-state index in [2.05, 4.69) is 33.4 Å². The average molecular weight is 335 g/mol. The van der Waals surface area contributed by atoms with Crippen molar-refractivity contribution in [2.45, 2.75) is 32.0 Å². The number of nitrogens with zero attached hydrogens (tertiary/aromatic N) is 2. The zero-order valence-electron chi connectivity index (χ0n) is 10.4. The third-order valence-electron chi connectivity index (χ3n) is 2.96. The maximum absolute atomic E-state index is 5.82. The normalized spacial score (nSPS) is 22.1. The molecule has 2 heterocycles. The lowest BCUT2D eigenvalue weighted by Gasteiger charge is -2.30. The molecular weight excluding hydrogens is 316 g/mol. The van der Waals surface area contributed by atoms with E-state index in [-0.39, 0.29) is 12.1 Å². The number of halogens is 1. The summed E-state index contributed by atoms with van der Waals surface area (Å²) in [7, 11) is 0. The number of nitrogens with two attached hydrogens (primary N) is 1. The Labute approximate surface area is 120 Å². The molecule has 102 valence electrons. The first-order valence-corrected chi connectivity index (χ1v) is 8.09. The number of nitrogens with one attached hydrogen (secondary N) is 1. The first-order valence-electron chi connectivity index (χ1n) is 6.14. The van der Waals surface area contributed by atoms with E-state index in [1.54, 1.807) is 0 Å². The van der Waals surface area contributed by atoms with Crippen LogP contribution in [0.4, 0.5) is 0 Å². The lowest BCUT2D eigenvalue weighted by atomic mass is 10.1. The van der Waals surface area contributed by atoms with Crippen molar-refractivity contribution < 1.29 is 4.74 Å². The summed E-state index contributed by atoms with van der Waals surface area (Å²) in [5.74, 6) is 7.74. The number of hydrazine groups is 1. The maximum Gasteiger partial charge on any atom is 0.0909 e. The van der Waals surface area contributed by atoms with Gasteiger partial charge in [-0.2, -0.15) is 16.9 Å². The van der Waals surface area contributed by atoms with Crippen LogP contribution in [0.5, 0.6) is 0 Å². The zero-order chi connectivity index (χ0) is 13.0. The van der Waals surface area contributed by atoms with Crippen LogP contribution in [0, 0.1) is 0 Å². The largest absolute Gasteiger partial charge is 0.374 e. The summed E-state index contributed by atoms with van der Waals surface area (Å²) in [5, 5.41) is 4.38. The Morgan fingerprint density at radius 1 is 1.78 bits per heavy atom. The summed E-state index contributed by atoms with van der Waals surface area (Å²) in [6.07, 6.45) is 2.96. The summed E-state index contributed by atoms with van der Waals surface area (Å²) < 4.78 is 8.80. The van der Waals surface area contributed by atoms with Gasteiger partial charge < -0.3 is 4.74 Å². The Morgan fingerprint density at radius 3 is 3.22 bits per heavy atom. The van der Waals surface area contributed by atoms with Crippen molar-refractivity contribution >= 4 is 27.7 Å². The standard InChI is InChI=1S/C11H19BrN4OS/c1-2-3-16-11(8(12)6-14-16)10(15-13)9-7-18-5-4-17-9/h6,9-10,15H,2-5,7,13H2,1H3. The highest BCUT2D eigenvalue weighted by Crippen LogP contribution is 2.30. The molecule has 0 spiro atoms. The Balaban J connectivity index is 2.22. The second-order valence-corrected chi connectivity index (χ2v) is 6.23. The van der Waals surface area contributed by atoms with Crippen molar-refractivity contribution in [3.05, 3.63) is 16.4 Å². The van der Waals surface area contributed by atoms with Gasteiger partial charge in [0.05, 0.1) is 35.1 Å². The summed E-state index contributed by atoms with van der Waals surface area (Å²) in [5.41, 5.74) is 3.96. The fourth-order valence-corrected chi connectivity index (χ4v) is 3.58. The fourth-order valence-electron chi connectivity index (χ4n) is 2.13. The lowest BCUT2D eigenvalue weighted by Crippen LogP contribution is -2.42. The van der Waals surface area contributed by atoms with Gasteiger partial charge in [0.15, 0.2) is 0 Å². The van der Waals surface area contributed by atoms with Crippen LogP contribution in [0.3, 0.4) is 0 Å². The van der Waals surface area contributed by atoms with Crippen LogP contribution in [0.1, 0.15) is 25.1 Å². The fraction of sp³-hybridized carbons (Fsp3) is 0.727. The Morgan fingerprint density at radius 2 is 2.61 bits per heavy atom. The summed E-state index contributed by atoms with van der Waals surface area (Å²) in [6.45, 7) is 3.81. The number of aryl methyl sites for hydroxylation is 1. The molecule has 2 atom stereocenters. The van der Waals surface area contributed by atoms with E-state index in [1.165, 1.54) is 0 Å². The molecule has 18 heavy (non-hydrogen) atoms. The van der Waals surface area contributed by atoms with Crippen LogP contribution in [-0.2, 0) is 11.3 Å². The van der Waals surface area contributed by atoms with E-state index in [0.29, 0.717) is 0 Å². The lowest BCUT2D eigenvalue weighted by molar-refractivity contribution is 0.0442. The van der Waals surface area contributed by atoms with Crippen molar-refractivity contribution in [3.63, 3.8) is 0 Å². The van der Waals surface area contributed by atoms with Gasteiger partial charge in [0, 0.05) is 18.1 Å². The minimum absolute atomic E-state index is 0.0266. The monoisotopic (exact) mass is 334 g/mol. The van der Waals surface area contributed by atoms with Crippen LogP contribution in [-0.4, -0.2) is 34.0 Å². The smallest absolute Gasteiger partial charge is 0.0909 e. The van der Waals surface area contributed by atoms with E-state index < -0.39 is 0 Å². The van der Waals surface area contributed by atoms with Crippen molar-refractivity contribution in [3.8, 4) is 0 Å². The van der Waals surface area contributed by atoms with Crippen LogP contribution in [0.15, 0.2) is 10.7 Å². The van der Waals surface area contributed by atoms with Crippen molar-refractivity contribution in [1.29, 1.82) is 0 Å². The van der Waals surface area contributed by atoms with Crippen LogP contribution in [0.2, 0.25) is 0 Å². The average Bonchev–Trinajstić information content (AvgIpc) is 2.75. The van der Waals surface area contributed by atoms with Gasteiger partial charge in [-0.1, -0.05) is 6.92 Å². The summed E-state index contributed by atoms with van der Waals surface area (Å²) in [6, 6.07) is -0.0266. The van der Waals surface area contributed by atoms with Crippen molar-refractivity contribution in [2.24, 2.45) is 5.84 Å². The number of thioether (sulfide) groups is 1. The summed E-state index contributed by atoms with van der Waals surface area (Å²) >= 11 is 5.46.